The van der Waals surface area contributed by atoms with Crippen molar-refractivity contribution in [1.29, 1.82) is 0 Å². The number of rotatable bonds is 1. The number of benzene rings is 1. The van der Waals surface area contributed by atoms with E-state index in [2.05, 4.69) is 10.3 Å². The summed E-state index contributed by atoms with van der Waals surface area (Å²) in [5.41, 5.74) is 4.01. The van der Waals surface area contributed by atoms with Crippen molar-refractivity contribution in [3.05, 3.63) is 35.5 Å². The summed E-state index contributed by atoms with van der Waals surface area (Å²) in [5.74, 6) is -0.0566. The molecule has 3 nitrogen and oxygen atoms in total. The number of pyridine rings is 1. The number of hydrogen-bond donors (Lipinski definition) is 1. The van der Waals surface area contributed by atoms with Gasteiger partial charge in [0.15, 0.2) is 0 Å². The predicted octanol–water partition coefficient (Wildman–Crippen LogP) is 2.81. The molecule has 82 valence electrons. The number of nitrogens with one attached hydrogen (secondary N) is 1. The van der Waals surface area contributed by atoms with E-state index < -0.39 is 0 Å². The van der Waals surface area contributed by atoms with Crippen LogP contribution in [0.4, 0.5) is 5.69 Å². The van der Waals surface area contributed by atoms with Crippen molar-refractivity contribution in [2.75, 3.05) is 5.32 Å². The van der Waals surface area contributed by atoms with E-state index in [1.165, 1.54) is 6.92 Å². The number of nitrogens with zero attached hydrogens (tertiary/aromatic N) is 1. The highest BCUT2D eigenvalue weighted by Gasteiger charge is 2.09. The molecule has 2 aromatic rings. The average Bonchev–Trinajstić information content (AvgIpc) is 2.24. The van der Waals surface area contributed by atoms with Crippen LogP contribution in [0, 0.1) is 13.8 Å². The fourth-order valence-electron chi connectivity index (χ4n) is 1.79. The third-order valence-electron chi connectivity index (χ3n) is 2.73. The summed E-state index contributed by atoms with van der Waals surface area (Å²) in [6.45, 7) is 5.55. The smallest absolute Gasteiger partial charge is 0.221 e. The van der Waals surface area contributed by atoms with Gasteiger partial charge >= 0.3 is 0 Å². The van der Waals surface area contributed by atoms with E-state index in [1.807, 2.05) is 32.0 Å². The first-order chi connectivity index (χ1) is 7.59. The lowest BCUT2D eigenvalue weighted by molar-refractivity contribution is -0.114. The van der Waals surface area contributed by atoms with E-state index in [0.29, 0.717) is 0 Å². The molecule has 0 aliphatic rings. The van der Waals surface area contributed by atoms with Gasteiger partial charge < -0.3 is 5.32 Å². The summed E-state index contributed by atoms with van der Waals surface area (Å²) in [6.07, 6.45) is 1.76. The Balaban J connectivity index is 2.76. The lowest BCUT2D eigenvalue weighted by atomic mass is 10.0. The van der Waals surface area contributed by atoms with Crippen LogP contribution < -0.4 is 5.32 Å². The number of aryl methyl sites for hydroxylation is 1. The number of hydrogen-bond acceptors (Lipinski definition) is 2. The van der Waals surface area contributed by atoms with Gasteiger partial charge in [-0.25, -0.2) is 0 Å². The first-order valence-electron chi connectivity index (χ1n) is 5.22. The molecule has 1 aromatic carbocycles. The quantitative estimate of drug-likeness (QED) is 0.793. The average molecular weight is 214 g/mol. The van der Waals surface area contributed by atoms with Gasteiger partial charge in [-0.3, -0.25) is 9.78 Å². The molecule has 0 spiro atoms. The van der Waals surface area contributed by atoms with Crippen molar-refractivity contribution in [2.24, 2.45) is 0 Å². The monoisotopic (exact) mass is 214 g/mol. The maximum atomic E-state index is 11.2. The van der Waals surface area contributed by atoms with Crippen LogP contribution in [0.25, 0.3) is 10.9 Å². The minimum absolute atomic E-state index is 0.0566. The Labute approximate surface area is 94.5 Å². The summed E-state index contributed by atoms with van der Waals surface area (Å²) < 4.78 is 0. The maximum Gasteiger partial charge on any atom is 0.221 e. The molecule has 1 N–H and O–H groups in total. The van der Waals surface area contributed by atoms with Crippen molar-refractivity contribution >= 4 is 22.5 Å². The second kappa shape index (κ2) is 3.93. The van der Waals surface area contributed by atoms with Crippen LogP contribution in [-0.4, -0.2) is 10.9 Å². The van der Waals surface area contributed by atoms with Crippen LogP contribution in [0.3, 0.4) is 0 Å². The Morgan fingerprint density at radius 2 is 2.12 bits per heavy atom. The fourth-order valence-corrected chi connectivity index (χ4v) is 1.79. The van der Waals surface area contributed by atoms with E-state index >= 15 is 0 Å². The molecule has 0 atom stereocenters. The molecule has 0 fully saturated rings. The minimum Gasteiger partial charge on any atom is -0.325 e. The first-order valence-corrected chi connectivity index (χ1v) is 5.22. The van der Waals surface area contributed by atoms with Crippen molar-refractivity contribution in [2.45, 2.75) is 20.8 Å². The van der Waals surface area contributed by atoms with Gasteiger partial charge in [-0.2, -0.15) is 0 Å². The van der Waals surface area contributed by atoms with E-state index in [1.54, 1.807) is 6.20 Å². The largest absolute Gasteiger partial charge is 0.325 e. The van der Waals surface area contributed by atoms with Crippen molar-refractivity contribution in [3.8, 4) is 0 Å². The molecule has 0 saturated heterocycles. The SMILES string of the molecule is CC(=O)Nc1c(C)c(C)cc2ncccc12. The van der Waals surface area contributed by atoms with Gasteiger partial charge in [0.1, 0.15) is 0 Å². The first kappa shape index (κ1) is 10.6. The molecule has 1 amide bonds. The van der Waals surface area contributed by atoms with Crippen molar-refractivity contribution in [3.63, 3.8) is 0 Å². The number of carbonyl (C=O) groups is 1. The number of fused-ring (bicyclic) bond motifs is 1. The molecule has 0 aliphatic carbocycles. The molecule has 1 aromatic heterocycles. The Morgan fingerprint density at radius 1 is 1.38 bits per heavy atom. The molecule has 2 rings (SSSR count). The number of anilines is 1. The second-order valence-electron chi connectivity index (χ2n) is 3.94. The summed E-state index contributed by atoms with van der Waals surface area (Å²) in [7, 11) is 0. The standard InChI is InChI=1S/C13H14N2O/c1-8-7-12-11(5-4-6-14-12)13(9(8)2)15-10(3)16/h4-7H,1-3H3,(H,15,16). The van der Waals surface area contributed by atoms with Gasteiger partial charge in [-0.15, -0.1) is 0 Å². The highest BCUT2D eigenvalue weighted by Crippen LogP contribution is 2.28. The molecule has 0 radical (unpaired) electrons. The second-order valence-corrected chi connectivity index (χ2v) is 3.94. The normalized spacial score (nSPS) is 10.4. The van der Waals surface area contributed by atoms with Gasteiger partial charge in [0.05, 0.1) is 11.2 Å². The molecule has 1 heterocycles. The summed E-state index contributed by atoms with van der Waals surface area (Å²) >= 11 is 0. The fraction of sp³-hybridized carbons (Fsp3) is 0.231. The van der Waals surface area contributed by atoms with E-state index in [-0.39, 0.29) is 5.91 Å². The zero-order valence-corrected chi connectivity index (χ0v) is 9.66. The molecule has 3 heteroatoms. The lowest BCUT2D eigenvalue weighted by Gasteiger charge is -2.12. The Morgan fingerprint density at radius 3 is 2.81 bits per heavy atom. The highest BCUT2D eigenvalue weighted by atomic mass is 16.1. The van der Waals surface area contributed by atoms with Gasteiger partial charge in [0.25, 0.3) is 0 Å². The summed E-state index contributed by atoms with van der Waals surface area (Å²) in [4.78, 5) is 15.5. The minimum atomic E-state index is -0.0566. The topological polar surface area (TPSA) is 42.0 Å². The van der Waals surface area contributed by atoms with Crippen LogP contribution in [0.15, 0.2) is 24.4 Å². The van der Waals surface area contributed by atoms with Crippen LogP contribution >= 0.6 is 0 Å². The zero-order chi connectivity index (χ0) is 11.7. The Hall–Kier alpha value is -1.90. The Kier molecular flexibility index (Phi) is 2.60. The molecule has 0 saturated carbocycles. The van der Waals surface area contributed by atoms with Gasteiger partial charge in [0, 0.05) is 18.5 Å². The van der Waals surface area contributed by atoms with Crippen molar-refractivity contribution in [1.82, 2.24) is 4.98 Å². The van der Waals surface area contributed by atoms with Crippen LogP contribution in [0.5, 0.6) is 0 Å². The summed E-state index contributed by atoms with van der Waals surface area (Å²) in [6, 6.07) is 5.89. The number of aromatic nitrogens is 1. The van der Waals surface area contributed by atoms with Gasteiger partial charge in [-0.05, 0) is 43.2 Å². The molecular formula is C13H14N2O. The van der Waals surface area contributed by atoms with Gasteiger partial charge in [-0.1, -0.05) is 0 Å². The number of carbonyl (C=O) groups excluding carboxylic acids is 1. The zero-order valence-electron chi connectivity index (χ0n) is 9.66. The molecular weight excluding hydrogens is 200 g/mol. The van der Waals surface area contributed by atoms with Crippen molar-refractivity contribution < 1.29 is 4.79 Å². The Bertz CT molecular complexity index is 561. The van der Waals surface area contributed by atoms with Crippen LogP contribution in [0.1, 0.15) is 18.1 Å². The molecule has 16 heavy (non-hydrogen) atoms. The van der Waals surface area contributed by atoms with Gasteiger partial charge in [0.2, 0.25) is 5.91 Å². The van der Waals surface area contributed by atoms with Crippen LogP contribution in [-0.2, 0) is 4.79 Å². The predicted molar refractivity (Wildman–Crippen MR) is 65.5 cm³/mol. The molecule has 0 bridgehead atoms. The third-order valence-corrected chi connectivity index (χ3v) is 2.73. The lowest BCUT2D eigenvalue weighted by Crippen LogP contribution is -2.08. The summed E-state index contributed by atoms with van der Waals surface area (Å²) in [5, 5.41) is 3.86. The van der Waals surface area contributed by atoms with Crippen LogP contribution in [0.2, 0.25) is 0 Å². The van der Waals surface area contributed by atoms with E-state index in [0.717, 1.165) is 27.7 Å². The van der Waals surface area contributed by atoms with E-state index in [9.17, 15) is 4.79 Å². The highest BCUT2D eigenvalue weighted by molar-refractivity contribution is 6.02. The maximum absolute atomic E-state index is 11.2. The molecule has 0 unspecified atom stereocenters. The molecule has 0 aliphatic heterocycles. The number of amides is 1. The van der Waals surface area contributed by atoms with E-state index in [4.69, 9.17) is 0 Å². The third kappa shape index (κ3) is 1.76.